The van der Waals surface area contributed by atoms with Crippen molar-refractivity contribution in [3.05, 3.63) is 44.8 Å². The van der Waals surface area contributed by atoms with Crippen LogP contribution in [0.2, 0.25) is 0 Å². The fourth-order valence-corrected chi connectivity index (χ4v) is 3.71. The Morgan fingerprint density at radius 1 is 1.31 bits per heavy atom. The standard InChI is InChI=1S/C16H17N3O8S2/c1-3-26-16(21)15-9(2)6-14(28-15)18-13(20)8-27-12-5-4-10(29(17,24)25)7-11(12)19(22)23/h4-7H,3,8H2,1-2H3,(H,18,20)(H2,17,24,25). The van der Waals surface area contributed by atoms with E-state index in [1.54, 1.807) is 19.9 Å². The number of nitrogens with zero attached hydrogens (tertiary/aromatic N) is 1. The molecule has 1 amide bonds. The van der Waals surface area contributed by atoms with Gasteiger partial charge in [-0.15, -0.1) is 11.3 Å². The van der Waals surface area contributed by atoms with Crippen LogP contribution in [0.5, 0.6) is 5.75 Å². The summed E-state index contributed by atoms with van der Waals surface area (Å²) < 4.78 is 32.7. The number of anilines is 1. The molecule has 0 saturated heterocycles. The normalized spacial score (nSPS) is 11.0. The number of primary sulfonamides is 1. The third-order valence-corrected chi connectivity index (χ3v) is 5.50. The zero-order valence-corrected chi connectivity index (χ0v) is 17.0. The number of nitrogens with one attached hydrogen (secondary N) is 1. The van der Waals surface area contributed by atoms with Crippen molar-refractivity contribution in [3.8, 4) is 5.75 Å². The van der Waals surface area contributed by atoms with Gasteiger partial charge in [0, 0.05) is 6.07 Å². The van der Waals surface area contributed by atoms with Gasteiger partial charge in [-0.05, 0) is 37.6 Å². The van der Waals surface area contributed by atoms with Crippen LogP contribution in [0.25, 0.3) is 0 Å². The molecule has 0 saturated carbocycles. The van der Waals surface area contributed by atoms with E-state index in [9.17, 15) is 28.1 Å². The van der Waals surface area contributed by atoms with Crippen LogP contribution in [0, 0.1) is 17.0 Å². The van der Waals surface area contributed by atoms with E-state index in [2.05, 4.69) is 5.32 Å². The molecule has 0 unspecified atom stereocenters. The van der Waals surface area contributed by atoms with Crippen LogP contribution < -0.4 is 15.2 Å². The number of benzene rings is 1. The maximum atomic E-state index is 12.1. The SMILES string of the molecule is CCOC(=O)c1sc(NC(=O)COc2ccc(S(N)(=O)=O)cc2[N+](=O)[O-])cc1C. The second kappa shape index (κ2) is 8.98. The second-order valence-corrected chi connectivity index (χ2v) is 8.23. The minimum atomic E-state index is -4.14. The highest BCUT2D eigenvalue weighted by Crippen LogP contribution is 2.30. The van der Waals surface area contributed by atoms with Crippen molar-refractivity contribution in [2.45, 2.75) is 18.7 Å². The first-order chi connectivity index (χ1) is 13.5. The lowest BCUT2D eigenvalue weighted by Gasteiger charge is -2.08. The molecular weight excluding hydrogens is 426 g/mol. The molecule has 156 valence electrons. The van der Waals surface area contributed by atoms with Gasteiger partial charge in [-0.1, -0.05) is 0 Å². The molecule has 13 heteroatoms. The van der Waals surface area contributed by atoms with Gasteiger partial charge in [0.05, 0.1) is 21.4 Å². The number of hydrogen-bond donors (Lipinski definition) is 2. The highest BCUT2D eigenvalue weighted by atomic mass is 32.2. The first-order valence-electron chi connectivity index (χ1n) is 8.04. The summed E-state index contributed by atoms with van der Waals surface area (Å²) >= 11 is 1.02. The van der Waals surface area contributed by atoms with Crippen molar-refractivity contribution < 1.29 is 32.4 Å². The Labute approximate surface area is 169 Å². The smallest absolute Gasteiger partial charge is 0.348 e. The quantitative estimate of drug-likeness (QED) is 0.354. The molecule has 0 bridgehead atoms. The highest BCUT2D eigenvalue weighted by Gasteiger charge is 2.21. The summed E-state index contributed by atoms with van der Waals surface area (Å²) in [7, 11) is -4.14. The van der Waals surface area contributed by atoms with Gasteiger partial charge in [0.25, 0.3) is 5.91 Å². The average Bonchev–Trinajstić information content (AvgIpc) is 2.99. The maximum Gasteiger partial charge on any atom is 0.348 e. The summed E-state index contributed by atoms with van der Waals surface area (Å²) in [6, 6.07) is 4.40. The number of ether oxygens (including phenoxy) is 2. The van der Waals surface area contributed by atoms with Gasteiger partial charge in [0.1, 0.15) is 4.88 Å². The summed E-state index contributed by atoms with van der Waals surface area (Å²) in [5, 5.41) is 19.0. The van der Waals surface area contributed by atoms with E-state index < -0.39 is 44.0 Å². The van der Waals surface area contributed by atoms with Crippen molar-refractivity contribution in [2.24, 2.45) is 5.14 Å². The van der Waals surface area contributed by atoms with Crippen molar-refractivity contribution in [2.75, 3.05) is 18.5 Å². The molecule has 2 rings (SSSR count). The summed E-state index contributed by atoms with van der Waals surface area (Å²) in [5.74, 6) is -1.43. The Morgan fingerprint density at radius 2 is 2.00 bits per heavy atom. The lowest BCUT2D eigenvalue weighted by atomic mass is 10.3. The number of carbonyl (C=O) groups excluding carboxylic acids is 2. The number of thiophene rings is 1. The minimum absolute atomic E-state index is 0.217. The lowest BCUT2D eigenvalue weighted by molar-refractivity contribution is -0.386. The largest absolute Gasteiger partial charge is 0.477 e. The Morgan fingerprint density at radius 3 is 2.59 bits per heavy atom. The van der Waals surface area contributed by atoms with Gasteiger partial charge in [-0.3, -0.25) is 14.9 Å². The van der Waals surface area contributed by atoms with E-state index in [4.69, 9.17) is 14.6 Å². The van der Waals surface area contributed by atoms with Gasteiger partial charge in [-0.25, -0.2) is 18.4 Å². The Hall–Kier alpha value is -3.03. The highest BCUT2D eigenvalue weighted by molar-refractivity contribution is 7.89. The van der Waals surface area contributed by atoms with Gasteiger partial charge < -0.3 is 14.8 Å². The molecule has 0 aliphatic heterocycles. The van der Waals surface area contributed by atoms with Crippen LogP contribution in [-0.2, 0) is 19.6 Å². The van der Waals surface area contributed by atoms with E-state index in [0.717, 1.165) is 29.5 Å². The molecule has 3 N–H and O–H groups in total. The molecule has 0 radical (unpaired) electrons. The molecule has 2 aromatic rings. The van der Waals surface area contributed by atoms with E-state index in [1.165, 1.54) is 0 Å². The molecule has 0 fully saturated rings. The van der Waals surface area contributed by atoms with Gasteiger partial charge in [0.15, 0.2) is 12.4 Å². The molecule has 1 aromatic heterocycles. The van der Waals surface area contributed by atoms with Crippen molar-refractivity contribution in [1.29, 1.82) is 0 Å². The molecule has 1 aromatic carbocycles. The molecule has 0 aliphatic carbocycles. The number of carbonyl (C=O) groups is 2. The molecule has 0 spiro atoms. The number of aryl methyl sites for hydroxylation is 1. The molecule has 29 heavy (non-hydrogen) atoms. The maximum absolute atomic E-state index is 12.1. The number of hydrogen-bond acceptors (Lipinski definition) is 9. The van der Waals surface area contributed by atoms with E-state index in [1.807, 2.05) is 0 Å². The number of nitrogens with two attached hydrogens (primary N) is 1. The van der Waals surface area contributed by atoms with Crippen LogP contribution in [0.4, 0.5) is 10.7 Å². The average molecular weight is 443 g/mol. The summed E-state index contributed by atoms with van der Waals surface area (Å²) in [5.41, 5.74) is -0.0280. The molecular formula is C16H17N3O8S2. The Balaban J connectivity index is 2.09. The third kappa shape index (κ3) is 5.73. The first kappa shape index (κ1) is 22.3. The zero-order valence-electron chi connectivity index (χ0n) is 15.3. The number of rotatable bonds is 8. The molecule has 1 heterocycles. The van der Waals surface area contributed by atoms with Crippen molar-refractivity contribution in [3.63, 3.8) is 0 Å². The summed E-state index contributed by atoms with van der Waals surface area (Å²) in [4.78, 5) is 34.1. The van der Waals surface area contributed by atoms with Crippen LogP contribution in [0.15, 0.2) is 29.2 Å². The number of esters is 1. The summed E-state index contributed by atoms with van der Waals surface area (Å²) in [6.45, 7) is 3.00. The summed E-state index contributed by atoms with van der Waals surface area (Å²) in [6.07, 6.45) is 0. The Kier molecular flexibility index (Phi) is 6.89. The number of sulfonamides is 1. The predicted octanol–water partition coefficient (Wildman–Crippen LogP) is 1.81. The molecule has 0 atom stereocenters. The van der Waals surface area contributed by atoms with Crippen LogP contribution >= 0.6 is 11.3 Å². The monoisotopic (exact) mass is 443 g/mol. The molecule has 0 aliphatic rings. The lowest BCUT2D eigenvalue weighted by Crippen LogP contribution is -2.20. The van der Waals surface area contributed by atoms with Crippen LogP contribution in [0.1, 0.15) is 22.2 Å². The van der Waals surface area contributed by atoms with Crippen molar-refractivity contribution >= 4 is 43.9 Å². The van der Waals surface area contributed by atoms with E-state index >= 15 is 0 Å². The fourth-order valence-electron chi connectivity index (χ4n) is 2.20. The van der Waals surface area contributed by atoms with E-state index in [-0.39, 0.29) is 12.4 Å². The van der Waals surface area contributed by atoms with Gasteiger partial charge in [0.2, 0.25) is 10.0 Å². The third-order valence-electron chi connectivity index (χ3n) is 3.46. The molecule has 11 nitrogen and oxygen atoms in total. The Bertz CT molecular complexity index is 1060. The zero-order chi connectivity index (χ0) is 21.8. The van der Waals surface area contributed by atoms with E-state index in [0.29, 0.717) is 15.4 Å². The predicted molar refractivity (Wildman–Crippen MR) is 104 cm³/mol. The fraction of sp³-hybridized carbons (Fsp3) is 0.250. The number of nitro benzene ring substituents is 1. The van der Waals surface area contributed by atoms with Gasteiger partial charge in [-0.2, -0.15) is 0 Å². The minimum Gasteiger partial charge on any atom is -0.477 e. The first-order valence-corrected chi connectivity index (χ1v) is 10.4. The topological polar surface area (TPSA) is 168 Å². The van der Waals surface area contributed by atoms with Gasteiger partial charge >= 0.3 is 11.7 Å². The number of amides is 1. The van der Waals surface area contributed by atoms with Crippen LogP contribution in [-0.4, -0.2) is 38.4 Å². The second-order valence-electron chi connectivity index (χ2n) is 5.61. The van der Waals surface area contributed by atoms with Crippen LogP contribution in [0.3, 0.4) is 0 Å². The number of nitro groups is 1. The van der Waals surface area contributed by atoms with Crippen molar-refractivity contribution in [1.82, 2.24) is 0 Å².